The van der Waals surface area contributed by atoms with Gasteiger partial charge in [0.05, 0.1) is 19.3 Å². The lowest BCUT2D eigenvalue weighted by Crippen LogP contribution is -2.38. The van der Waals surface area contributed by atoms with Gasteiger partial charge < -0.3 is 14.9 Å². The maximum atomic E-state index is 11.9. The number of aliphatic hydroxyl groups excluding tert-OH is 1. The molecule has 0 aromatic carbocycles. The van der Waals surface area contributed by atoms with Crippen LogP contribution >= 0.6 is 11.3 Å². The van der Waals surface area contributed by atoms with Crippen LogP contribution < -0.4 is 0 Å². The number of ketones is 1. The van der Waals surface area contributed by atoms with E-state index >= 15 is 0 Å². The van der Waals surface area contributed by atoms with Crippen LogP contribution in [0.1, 0.15) is 43.6 Å². The van der Waals surface area contributed by atoms with Crippen LogP contribution in [0.5, 0.6) is 0 Å². The first-order valence-electron chi connectivity index (χ1n) is 7.28. The highest BCUT2D eigenvalue weighted by Gasteiger charge is 2.33. The third kappa shape index (κ3) is 5.51. The second-order valence-corrected chi connectivity index (χ2v) is 6.80. The van der Waals surface area contributed by atoms with Gasteiger partial charge in [-0.3, -0.25) is 9.59 Å². The van der Waals surface area contributed by atoms with E-state index in [4.69, 9.17) is 5.11 Å². The van der Waals surface area contributed by atoms with Crippen molar-refractivity contribution in [2.45, 2.75) is 51.7 Å². The average Bonchev–Trinajstić information content (AvgIpc) is 2.92. The topological polar surface area (TPSA) is 83.8 Å². The van der Waals surface area contributed by atoms with Crippen LogP contribution in [0.25, 0.3) is 0 Å². The standard InChI is InChI=1S/C16H24O5S/c1-11(2)16(20,8-13(18)7-15(19)21-3)5-4-12-6-14(9-17)22-10-12/h6,10-11,17,20H,4-5,7-9H2,1-3H3. The Morgan fingerprint density at radius 2 is 2.09 bits per heavy atom. The van der Waals surface area contributed by atoms with Crippen molar-refractivity contribution in [1.29, 1.82) is 0 Å². The fourth-order valence-corrected chi connectivity index (χ4v) is 3.00. The van der Waals surface area contributed by atoms with Gasteiger partial charge >= 0.3 is 5.97 Å². The van der Waals surface area contributed by atoms with Crippen LogP contribution in [0.4, 0.5) is 0 Å². The number of hydrogen-bond acceptors (Lipinski definition) is 6. The van der Waals surface area contributed by atoms with E-state index in [1.165, 1.54) is 18.4 Å². The first-order chi connectivity index (χ1) is 10.3. The van der Waals surface area contributed by atoms with Gasteiger partial charge in [0.25, 0.3) is 0 Å². The van der Waals surface area contributed by atoms with E-state index < -0.39 is 11.6 Å². The third-order valence-electron chi connectivity index (χ3n) is 3.86. The molecular formula is C16H24O5S. The Balaban J connectivity index is 2.65. The Hall–Kier alpha value is -1.24. The number of aliphatic hydroxyl groups is 2. The van der Waals surface area contributed by atoms with Gasteiger partial charge in [0.2, 0.25) is 0 Å². The Kier molecular flexibility index (Phi) is 7.19. The van der Waals surface area contributed by atoms with Gasteiger partial charge in [-0.05, 0) is 35.8 Å². The minimum absolute atomic E-state index is 0.0106. The third-order valence-corrected chi connectivity index (χ3v) is 4.83. The number of esters is 1. The van der Waals surface area contributed by atoms with Crippen molar-refractivity contribution in [3.8, 4) is 0 Å². The summed E-state index contributed by atoms with van der Waals surface area (Å²) in [5.74, 6) is -1.00. The SMILES string of the molecule is COC(=O)CC(=O)CC(O)(CCc1csc(CO)c1)C(C)C. The van der Waals surface area contributed by atoms with E-state index in [-0.39, 0.29) is 31.1 Å². The van der Waals surface area contributed by atoms with Gasteiger partial charge in [0.15, 0.2) is 0 Å². The van der Waals surface area contributed by atoms with Gasteiger partial charge in [0.1, 0.15) is 12.2 Å². The van der Waals surface area contributed by atoms with E-state index in [2.05, 4.69) is 4.74 Å². The summed E-state index contributed by atoms with van der Waals surface area (Å²) in [5.41, 5.74) is -0.111. The van der Waals surface area contributed by atoms with E-state index in [0.717, 1.165) is 10.4 Å². The molecule has 0 spiro atoms. The van der Waals surface area contributed by atoms with Gasteiger partial charge in [-0.15, -0.1) is 11.3 Å². The molecule has 1 unspecified atom stereocenters. The highest BCUT2D eigenvalue weighted by Crippen LogP contribution is 2.29. The van der Waals surface area contributed by atoms with Gasteiger partial charge in [-0.25, -0.2) is 0 Å². The number of Topliss-reactive ketones (excluding diaryl/α,β-unsaturated/α-hetero) is 1. The summed E-state index contributed by atoms with van der Waals surface area (Å²) in [6.07, 6.45) is 0.686. The highest BCUT2D eigenvalue weighted by molar-refractivity contribution is 7.10. The molecule has 1 aromatic heterocycles. The molecule has 6 heteroatoms. The van der Waals surface area contributed by atoms with E-state index in [1.54, 1.807) is 0 Å². The molecule has 124 valence electrons. The Bertz CT molecular complexity index is 508. The summed E-state index contributed by atoms with van der Waals surface area (Å²) in [5, 5.41) is 21.8. The van der Waals surface area contributed by atoms with E-state index in [0.29, 0.717) is 12.8 Å². The van der Waals surface area contributed by atoms with Crippen molar-refractivity contribution < 1.29 is 24.5 Å². The lowest BCUT2D eigenvalue weighted by atomic mass is 9.80. The van der Waals surface area contributed by atoms with Crippen LogP contribution in [0.2, 0.25) is 0 Å². The van der Waals surface area contributed by atoms with Crippen molar-refractivity contribution in [2.75, 3.05) is 7.11 Å². The lowest BCUT2D eigenvalue weighted by molar-refractivity contribution is -0.144. The summed E-state index contributed by atoms with van der Waals surface area (Å²) >= 11 is 1.47. The van der Waals surface area contributed by atoms with Gasteiger partial charge in [-0.1, -0.05) is 13.8 Å². The summed E-state index contributed by atoms with van der Waals surface area (Å²) in [4.78, 5) is 23.9. The normalized spacial score (nSPS) is 13.9. The molecule has 0 fully saturated rings. The maximum Gasteiger partial charge on any atom is 0.313 e. The molecule has 1 aromatic rings. The average molecular weight is 328 g/mol. The zero-order valence-electron chi connectivity index (χ0n) is 13.3. The molecule has 0 bridgehead atoms. The molecule has 0 aliphatic carbocycles. The molecule has 1 rings (SSSR count). The molecule has 0 saturated heterocycles. The molecule has 1 atom stereocenters. The van der Waals surface area contributed by atoms with Crippen LogP contribution in [-0.2, 0) is 27.4 Å². The van der Waals surface area contributed by atoms with Crippen molar-refractivity contribution >= 4 is 23.1 Å². The van der Waals surface area contributed by atoms with Crippen LogP contribution in [0, 0.1) is 5.92 Å². The monoisotopic (exact) mass is 328 g/mol. The van der Waals surface area contributed by atoms with Crippen molar-refractivity contribution in [3.63, 3.8) is 0 Å². The van der Waals surface area contributed by atoms with Crippen molar-refractivity contribution in [1.82, 2.24) is 0 Å². The number of hydrogen-bond donors (Lipinski definition) is 2. The predicted molar refractivity (Wildman–Crippen MR) is 84.6 cm³/mol. The van der Waals surface area contributed by atoms with E-state index in [1.807, 2.05) is 25.3 Å². The molecule has 0 saturated carbocycles. The zero-order valence-corrected chi connectivity index (χ0v) is 14.1. The fraction of sp³-hybridized carbons (Fsp3) is 0.625. The molecule has 0 aliphatic heterocycles. The smallest absolute Gasteiger partial charge is 0.313 e. The van der Waals surface area contributed by atoms with E-state index in [9.17, 15) is 14.7 Å². The van der Waals surface area contributed by atoms with Crippen molar-refractivity contribution in [2.24, 2.45) is 5.92 Å². The second kappa shape index (κ2) is 8.41. The number of aryl methyl sites for hydroxylation is 1. The minimum Gasteiger partial charge on any atom is -0.469 e. The van der Waals surface area contributed by atoms with Gasteiger partial charge in [0, 0.05) is 11.3 Å². The fourth-order valence-electron chi connectivity index (χ4n) is 2.22. The number of carbonyl (C=O) groups is 2. The Morgan fingerprint density at radius 1 is 1.41 bits per heavy atom. The van der Waals surface area contributed by atoms with Crippen LogP contribution in [0.15, 0.2) is 11.4 Å². The number of thiophene rings is 1. The largest absolute Gasteiger partial charge is 0.469 e. The predicted octanol–water partition coefficient (Wildman–Crippen LogP) is 2.08. The quantitative estimate of drug-likeness (QED) is 0.535. The first-order valence-corrected chi connectivity index (χ1v) is 8.16. The maximum absolute atomic E-state index is 11.9. The number of carbonyl (C=O) groups excluding carboxylic acids is 2. The summed E-state index contributed by atoms with van der Waals surface area (Å²) in [6, 6.07) is 1.90. The molecule has 5 nitrogen and oxygen atoms in total. The lowest BCUT2D eigenvalue weighted by Gasteiger charge is -2.31. The number of methoxy groups -OCH3 is 1. The molecule has 1 heterocycles. The number of ether oxygens (including phenoxy) is 1. The van der Waals surface area contributed by atoms with Gasteiger partial charge in [-0.2, -0.15) is 0 Å². The molecule has 2 N–H and O–H groups in total. The minimum atomic E-state index is -1.15. The zero-order chi connectivity index (χ0) is 16.8. The van der Waals surface area contributed by atoms with Crippen LogP contribution in [-0.4, -0.2) is 34.7 Å². The summed E-state index contributed by atoms with van der Waals surface area (Å²) in [7, 11) is 1.24. The molecule has 0 aliphatic rings. The second-order valence-electron chi connectivity index (χ2n) is 5.81. The Labute approximate surface area is 134 Å². The highest BCUT2D eigenvalue weighted by atomic mass is 32.1. The van der Waals surface area contributed by atoms with Crippen molar-refractivity contribution in [3.05, 3.63) is 21.9 Å². The molecule has 0 amide bonds. The summed E-state index contributed by atoms with van der Waals surface area (Å²) in [6.45, 7) is 3.73. The van der Waals surface area contributed by atoms with Crippen LogP contribution in [0.3, 0.4) is 0 Å². The first kappa shape index (κ1) is 18.8. The molecular weight excluding hydrogens is 304 g/mol. The molecule has 22 heavy (non-hydrogen) atoms. The number of rotatable bonds is 9. The summed E-state index contributed by atoms with van der Waals surface area (Å²) < 4.78 is 4.48. The Morgan fingerprint density at radius 3 is 2.59 bits per heavy atom. The molecule has 0 radical (unpaired) electrons.